The standard InChI is InChI=1S/C25H31N7O/c1-15(2)21-22-23(32-31-21)24(30-25(29-22)28-19-7-4-3-6-18(19)26)27-14-16-9-11-17(12-10-16)20-8-5-13-33-20/h5,8-13,15,18-19H,3-4,6-7,14,26H2,1-2H3,(H,31,32)(H2,27,28,29,30)/t18-,19-/m1/s1. The minimum absolute atomic E-state index is 0.121. The zero-order valence-electron chi connectivity index (χ0n) is 19.1. The SMILES string of the molecule is CC(C)c1[nH]nc2c(NCc3ccc(-c4ccco4)cc3)nc(N[C@@H]3CCCC[C@H]3N)nc12. The molecule has 0 radical (unpaired) electrons. The molecule has 3 aromatic heterocycles. The van der Waals surface area contributed by atoms with E-state index in [-0.39, 0.29) is 18.0 Å². The van der Waals surface area contributed by atoms with E-state index in [9.17, 15) is 0 Å². The highest BCUT2D eigenvalue weighted by Gasteiger charge is 2.24. The summed E-state index contributed by atoms with van der Waals surface area (Å²) in [6, 6.07) is 12.5. The molecule has 0 unspecified atom stereocenters. The van der Waals surface area contributed by atoms with Crippen molar-refractivity contribution in [3.63, 3.8) is 0 Å². The van der Waals surface area contributed by atoms with E-state index in [1.165, 1.54) is 12.8 Å². The Hall–Kier alpha value is -3.39. The second-order valence-corrected chi connectivity index (χ2v) is 9.11. The molecular weight excluding hydrogens is 414 g/mol. The lowest BCUT2D eigenvalue weighted by molar-refractivity contribution is 0.402. The number of H-pyrrole nitrogens is 1. The van der Waals surface area contributed by atoms with Gasteiger partial charge in [0.05, 0.1) is 12.0 Å². The van der Waals surface area contributed by atoms with Crippen molar-refractivity contribution in [1.29, 1.82) is 0 Å². The Morgan fingerprint density at radius 1 is 1.09 bits per heavy atom. The molecule has 8 heteroatoms. The molecule has 1 aliphatic rings. The lowest BCUT2D eigenvalue weighted by Crippen LogP contribution is -2.43. The summed E-state index contributed by atoms with van der Waals surface area (Å²) in [5, 5.41) is 14.7. The maximum absolute atomic E-state index is 6.36. The van der Waals surface area contributed by atoms with Crippen molar-refractivity contribution in [2.24, 2.45) is 5.73 Å². The van der Waals surface area contributed by atoms with Gasteiger partial charge in [0, 0.05) is 24.2 Å². The number of benzene rings is 1. The van der Waals surface area contributed by atoms with Crippen molar-refractivity contribution in [1.82, 2.24) is 20.2 Å². The average molecular weight is 446 g/mol. The number of rotatable bonds is 7. The van der Waals surface area contributed by atoms with Gasteiger partial charge in [0.1, 0.15) is 11.3 Å². The van der Waals surface area contributed by atoms with Crippen molar-refractivity contribution in [2.45, 2.75) is 64.1 Å². The van der Waals surface area contributed by atoms with Crippen LogP contribution < -0.4 is 16.4 Å². The van der Waals surface area contributed by atoms with E-state index < -0.39 is 0 Å². The Bertz CT molecular complexity index is 1200. The number of aromatic amines is 1. The number of furan rings is 1. The summed E-state index contributed by atoms with van der Waals surface area (Å²) in [5.41, 5.74) is 11.2. The largest absolute Gasteiger partial charge is 0.464 e. The van der Waals surface area contributed by atoms with Crippen LogP contribution in [-0.2, 0) is 6.54 Å². The maximum atomic E-state index is 6.36. The number of fused-ring (bicyclic) bond motifs is 1. The molecule has 1 aliphatic carbocycles. The number of hydrogen-bond acceptors (Lipinski definition) is 7. The number of nitrogens with two attached hydrogens (primary N) is 1. The number of nitrogens with zero attached hydrogens (tertiary/aromatic N) is 3. The molecule has 0 aliphatic heterocycles. The fourth-order valence-corrected chi connectivity index (χ4v) is 4.43. The monoisotopic (exact) mass is 445 g/mol. The quantitative estimate of drug-likeness (QED) is 0.315. The van der Waals surface area contributed by atoms with E-state index in [0.29, 0.717) is 18.3 Å². The topological polar surface area (TPSA) is 118 Å². The van der Waals surface area contributed by atoms with Crippen LogP contribution in [0, 0.1) is 0 Å². The second kappa shape index (κ2) is 9.23. The van der Waals surface area contributed by atoms with Crippen LogP contribution in [-0.4, -0.2) is 32.2 Å². The van der Waals surface area contributed by atoms with Gasteiger partial charge in [-0.15, -0.1) is 0 Å². The Labute approximate surface area is 193 Å². The predicted octanol–water partition coefficient (Wildman–Crippen LogP) is 5.03. The third-order valence-electron chi connectivity index (χ3n) is 6.36. The van der Waals surface area contributed by atoms with Gasteiger partial charge in [0.2, 0.25) is 5.95 Å². The van der Waals surface area contributed by atoms with Crippen molar-refractivity contribution in [3.05, 3.63) is 53.9 Å². The van der Waals surface area contributed by atoms with Gasteiger partial charge in [-0.25, -0.2) is 4.98 Å². The normalized spacial score (nSPS) is 18.7. The summed E-state index contributed by atoms with van der Waals surface area (Å²) >= 11 is 0. The molecule has 172 valence electrons. The molecule has 5 N–H and O–H groups in total. The summed E-state index contributed by atoms with van der Waals surface area (Å²) in [6.45, 7) is 4.89. The Morgan fingerprint density at radius 3 is 2.64 bits per heavy atom. The molecule has 2 atom stereocenters. The van der Waals surface area contributed by atoms with E-state index in [1.54, 1.807) is 6.26 Å². The molecular formula is C25H31N7O. The first-order valence-corrected chi connectivity index (χ1v) is 11.7. The van der Waals surface area contributed by atoms with Crippen LogP contribution in [0.5, 0.6) is 0 Å². The highest BCUT2D eigenvalue weighted by molar-refractivity contribution is 5.88. The molecule has 5 rings (SSSR count). The zero-order valence-corrected chi connectivity index (χ0v) is 19.1. The number of nitrogens with one attached hydrogen (secondary N) is 3. The number of anilines is 2. The average Bonchev–Trinajstić information content (AvgIpc) is 3.50. The first kappa shape index (κ1) is 21.5. The lowest BCUT2D eigenvalue weighted by Gasteiger charge is -2.29. The molecule has 1 aromatic carbocycles. The number of hydrogen-bond donors (Lipinski definition) is 4. The fourth-order valence-electron chi connectivity index (χ4n) is 4.43. The fraction of sp³-hybridized carbons (Fsp3) is 0.400. The lowest BCUT2D eigenvalue weighted by atomic mass is 9.91. The van der Waals surface area contributed by atoms with Crippen molar-refractivity contribution in [3.8, 4) is 11.3 Å². The van der Waals surface area contributed by atoms with E-state index >= 15 is 0 Å². The van der Waals surface area contributed by atoms with Gasteiger partial charge in [-0.1, -0.05) is 51.0 Å². The first-order chi connectivity index (χ1) is 16.1. The summed E-state index contributed by atoms with van der Waals surface area (Å²) in [7, 11) is 0. The second-order valence-electron chi connectivity index (χ2n) is 9.11. The molecule has 4 aromatic rings. The number of aromatic nitrogens is 4. The maximum Gasteiger partial charge on any atom is 0.225 e. The van der Waals surface area contributed by atoms with Gasteiger partial charge in [-0.05, 0) is 36.5 Å². The van der Waals surface area contributed by atoms with Gasteiger partial charge >= 0.3 is 0 Å². The van der Waals surface area contributed by atoms with Crippen molar-refractivity contribution >= 4 is 22.8 Å². The van der Waals surface area contributed by atoms with Crippen LogP contribution in [0.15, 0.2) is 47.1 Å². The van der Waals surface area contributed by atoms with Crippen molar-refractivity contribution in [2.75, 3.05) is 10.6 Å². The van der Waals surface area contributed by atoms with Gasteiger partial charge < -0.3 is 20.8 Å². The molecule has 0 amide bonds. The van der Waals surface area contributed by atoms with Crippen LogP contribution in [0.25, 0.3) is 22.4 Å². The van der Waals surface area contributed by atoms with Gasteiger partial charge in [0.25, 0.3) is 0 Å². The third kappa shape index (κ3) is 4.57. The van der Waals surface area contributed by atoms with E-state index in [2.05, 4.69) is 58.9 Å². The van der Waals surface area contributed by atoms with E-state index in [0.717, 1.165) is 46.5 Å². The van der Waals surface area contributed by atoms with E-state index in [1.807, 2.05) is 12.1 Å². The van der Waals surface area contributed by atoms with Gasteiger partial charge in [0.15, 0.2) is 11.3 Å². The summed E-state index contributed by atoms with van der Waals surface area (Å²) in [6.07, 6.45) is 6.11. The molecule has 1 saturated carbocycles. The van der Waals surface area contributed by atoms with E-state index in [4.69, 9.17) is 20.1 Å². The van der Waals surface area contributed by atoms with Gasteiger partial charge in [-0.2, -0.15) is 10.1 Å². The van der Waals surface area contributed by atoms with Crippen LogP contribution in [0.2, 0.25) is 0 Å². The molecule has 0 bridgehead atoms. The van der Waals surface area contributed by atoms with Crippen LogP contribution in [0.1, 0.15) is 56.7 Å². The summed E-state index contributed by atoms with van der Waals surface area (Å²) in [4.78, 5) is 9.61. The summed E-state index contributed by atoms with van der Waals surface area (Å²) < 4.78 is 5.48. The minimum Gasteiger partial charge on any atom is -0.464 e. The minimum atomic E-state index is 0.121. The molecule has 0 saturated heterocycles. The molecule has 3 heterocycles. The zero-order chi connectivity index (χ0) is 22.8. The Morgan fingerprint density at radius 2 is 1.91 bits per heavy atom. The smallest absolute Gasteiger partial charge is 0.225 e. The van der Waals surface area contributed by atoms with Crippen LogP contribution in [0.3, 0.4) is 0 Å². The molecule has 0 spiro atoms. The van der Waals surface area contributed by atoms with Gasteiger partial charge in [-0.3, -0.25) is 5.10 Å². The Balaban J connectivity index is 1.40. The summed E-state index contributed by atoms with van der Waals surface area (Å²) in [5.74, 6) is 2.45. The van der Waals surface area contributed by atoms with Crippen molar-refractivity contribution < 1.29 is 4.42 Å². The van der Waals surface area contributed by atoms with Crippen LogP contribution >= 0.6 is 0 Å². The molecule has 8 nitrogen and oxygen atoms in total. The molecule has 1 fully saturated rings. The molecule has 33 heavy (non-hydrogen) atoms. The predicted molar refractivity (Wildman–Crippen MR) is 131 cm³/mol. The highest BCUT2D eigenvalue weighted by atomic mass is 16.3. The highest BCUT2D eigenvalue weighted by Crippen LogP contribution is 2.28. The third-order valence-corrected chi connectivity index (χ3v) is 6.36. The first-order valence-electron chi connectivity index (χ1n) is 11.7. The van der Waals surface area contributed by atoms with Crippen LogP contribution in [0.4, 0.5) is 11.8 Å². The Kier molecular flexibility index (Phi) is 6.00.